The molecule has 1 heterocycles. The van der Waals surface area contributed by atoms with Crippen molar-refractivity contribution < 1.29 is 21.6 Å². The molecular weight excluding hydrogens is 580 g/mol. The molecule has 0 unspecified atom stereocenters. The van der Waals surface area contributed by atoms with E-state index in [0.717, 1.165) is 32.7 Å². The summed E-state index contributed by atoms with van der Waals surface area (Å²) < 4.78 is 50.6. The van der Waals surface area contributed by atoms with Crippen LogP contribution in [-0.2, 0) is 26.6 Å². The highest BCUT2D eigenvalue weighted by Crippen LogP contribution is 2.18. The number of sulfonamides is 2. The molecule has 13 nitrogen and oxygen atoms in total. The van der Waals surface area contributed by atoms with Gasteiger partial charge in [-0.1, -0.05) is 24.3 Å². The molecule has 0 spiro atoms. The largest absolute Gasteiger partial charge is 0.354 e. The zero-order chi connectivity index (χ0) is 30.3. The number of carbonyl (C=O) groups excluding carboxylic acids is 1. The van der Waals surface area contributed by atoms with Gasteiger partial charge in [-0.25, -0.2) is 31.5 Å². The molecule has 0 bridgehead atoms. The van der Waals surface area contributed by atoms with Crippen LogP contribution in [0.25, 0.3) is 0 Å². The molecule has 3 aromatic carbocycles. The maximum absolute atomic E-state index is 12.7. The quantitative estimate of drug-likeness (QED) is 0.145. The number of nitrogens with two attached hydrogens (primary N) is 2. The molecule has 1 aliphatic rings. The Morgan fingerprint density at radius 2 is 1.45 bits per heavy atom. The van der Waals surface area contributed by atoms with Gasteiger partial charge in [-0.2, -0.15) is 0 Å². The average molecular weight is 615 g/mol. The van der Waals surface area contributed by atoms with Crippen molar-refractivity contribution in [3.8, 4) is 0 Å². The number of amidine groups is 1. The minimum Gasteiger partial charge on any atom is -0.354 e. The molecule has 224 valence electrons. The van der Waals surface area contributed by atoms with E-state index in [1.54, 1.807) is 18.2 Å². The Morgan fingerprint density at radius 3 is 2.07 bits per heavy atom. The van der Waals surface area contributed by atoms with Gasteiger partial charge in [-0.3, -0.25) is 10.3 Å². The van der Waals surface area contributed by atoms with Crippen molar-refractivity contribution >= 4 is 43.3 Å². The average Bonchev–Trinajstić information content (AvgIpc) is 2.96. The van der Waals surface area contributed by atoms with Crippen LogP contribution in [0, 0.1) is 5.41 Å². The topological polar surface area (TPSA) is 204 Å². The van der Waals surface area contributed by atoms with Crippen molar-refractivity contribution in [2.45, 2.75) is 16.3 Å². The van der Waals surface area contributed by atoms with Gasteiger partial charge in [0.25, 0.3) is 0 Å². The first-order valence-corrected chi connectivity index (χ1v) is 16.1. The van der Waals surface area contributed by atoms with Crippen molar-refractivity contribution in [2.24, 2.45) is 10.9 Å². The van der Waals surface area contributed by atoms with Crippen LogP contribution in [0.4, 0.5) is 16.2 Å². The third-order valence-corrected chi connectivity index (χ3v) is 9.01. The lowest BCUT2D eigenvalue weighted by Gasteiger charge is -2.36. The van der Waals surface area contributed by atoms with Crippen molar-refractivity contribution in [1.29, 1.82) is 5.41 Å². The second kappa shape index (κ2) is 13.4. The number of nitrogens with one attached hydrogen (secondary N) is 4. The van der Waals surface area contributed by atoms with Crippen molar-refractivity contribution in [1.82, 2.24) is 14.5 Å². The van der Waals surface area contributed by atoms with Crippen LogP contribution in [0.3, 0.4) is 0 Å². The monoisotopic (exact) mass is 614 g/mol. The van der Waals surface area contributed by atoms with Crippen LogP contribution in [0.1, 0.15) is 11.1 Å². The molecule has 0 aromatic heterocycles. The van der Waals surface area contributed by atoms with E-state index in [-0.39, 0.29) is 16.3 Å². The van der Waals surface area contributed by atoms with Gasteiger partial charge in [0.1, 0.15) is 5.84 Å². The summed E-state index contributed by atoms with van der Waals surface area (Å²) in [5.41, 5.74) is 7.76. The van der Waals surface area contributed by atoms with Gasteiger partial charge in [0.05, 0.1) is 9.79 Å². The molecule has 0 aliphatic carbocycles. The first-order valence-electron chi connectivity index (χ1n) is 13.1. The molecule has 1 saturated heterocycles. The molecule has 15 heteroatoms. The van der Waals surface area contributed by atoms with E-state index < -0.39 is 26.1 Å². The summed E-state index contributed by atoms with van der Waals surface area (Å²) in [6.45, 7) is 4.53. The van der Waals surface area contributed by atoms with E-state index in [0.29, 0.717) is 34.9 Å². The SMILES string of the molecule is N=C(c1cccc(NC(=O)Nc2ccc(S(=O)(=O)NCc3ccc(S(N)(=O)=O)cc3)cc2)c1)N1CCN(CCN)CC1. The number of hydrogen-bond donors (Lipinski definition) is 6. The summed E-state index contributed by atoms with van der Waals surface area (Å²) >= 11 is 0. The van der Waals surface area contributed by atoms with Gasteiger partial charge in [0.2, 0.25) is 20.0 Å². The second-order valence-corrected chi connectivity index (χ2v) is 13.0. The van der Waals surface area contributed by atoms with Gasteiger partial charge in [0.15, 0.2) is 0 Å². The van der Waals surface area contributed by atoms with E-state index in [2.05, 4.69) is 20.3 Å². The van der Waals surface area contributed by atoms with Crippen molar-refractivity contribution in [3.05, 3.63) is 83.9 Å². The number of rotatable bonds is 10. The van der Waals surface area contributed by atoms with Crippen molar-refractivity contribution in [2.75, 3.05) is 49.9 Å². The highest BCUT2D eigenvalue weighted by Gasteiger charge is 2.20. The minimum absolute atomic E-state index is 0.00955. The smallest absolute Gasteiger partial charge is 0.323 e. The Hall–Kier alpha value is -3.86. The number of amides is 2. The Labute approximate surface area is 245 Å². The fourth-order valence-electron chi connectivity index (χ4n) is 4.37. The molecule has 3 aromatic rings. The summed E-state index contributed by atoms with van der Waals surface area (Å²) in [6, 6.07) is 17.7. The standard InChI is InChI=1S/C27H34N8O5S2/c28-12-13-34-14-16-35(17-15-34)26(29)21-2-1-3-23(18-21)33-27(36)32-22-6-10-25(11-7-22)42(39,40)31-19-20-4-8-24(9-5-20)41(30,37)38/h1-11,18,29,31H,12-17,19,28H2,(H2,30,37,38)(H2,32,33,36). The van der Waals surface area contributed by atoms with E-state index in [1.807, 2.05) is 11.0 Å². The lowest BCUT2D eigenvalue weighted by molar-refractivity contribution is 0.186. The predicted molar refractivity (Wildman–Crippen MR) is 161 cm³/mol. The highest BCUT2D eigenvalue weighted by atomic mass is 32.2. The number of carbonyl (C=O) groups is 1. The van der Waals surface area contributed by atoms with E-state index in [9.17, 15) is 21.6 Å². The maximum Gasteiger partial charge on any atom is 0.323 e. The highest BCUT2D eigenvalue weighted by molar-refractivity contribution is 7.89. The van der Waals surface area contributed by atoms with Crippen molar-refractivity contribution in [3.63, 3.8) is 0 Å². The zero-order valence-corrected chi connectivity index (χ0v) is 24.4. The molecule has 1 aliphatic heterocycles. The number of benzene rings is 3. The molecule has 42 heavy (non-hydrogen) atoms. The number of nitrogens with zero attached hydrogens (tertiary/aromatic N) is 2. The van der Waals surface area contributed by atoms with Crippen LogP contribution in [0.2, 0.25) is 0 Å². The third-order valence-electron chi connectivity index (χ3n) is 6.67. The summed E-state index contributed by atoms with van der Waals surface area (Å²) in [5.74, 6) is 0.386. The molecule has 0 atom stereocenters. The van der Waals surface area contributed by atoms with Gasteiger partial charge < -0.3 is 21.3 Å². The molecule has 1 fully saturated rings. The Morgan fingerprint density at radius 1 is 0.833 bits per heavy atom. The number of piperazine rings is 1. The molecular formula is C27H34N8O5S2. The number of anilines is 2. The summed E-state index contributed by atoms with van der Waals surface area (Å²) in [5, 5.41) is 19.1. The fraction of sp³-hybridized carbons (Fsp3) is 0.259. The summed E-state index contributed by atoms with van der Waals surface area (Å²) in [4.78, 5) is 16.8. The van der Waals surface area contributed by atoms with Gasteiger partial charge >= 0.3 is 6.03 Å². The predicted octanol–water partition coefficient (Wildman–Crippen LogP) is 1.36. The lowest BCUT2D eigenvalue weighted by Crippen LogP contribution is -2.49. The Bertz CT molecular complexity index is 1620. The normalized spacial score (nSPS) is 14.4. The molecule has 0 saturated carbocycles. The minimum atomic E-state index is -3.87. The van der Waals surface area contributed by atoms with Gasteiger partial charge in [-0.05, 0) is 54.1 Å². The van der Waals surface area contributed by atoms with Crippen LogP contribution < -0.4 is 26.2 Å². The Balaban J connectivity index is 1.30. The summed E-state index contributed by atoms with van der Waals surface area (Å²) in [7, 11) is -7.71. The maximum atomic E-state index is 12.7. The van der Waals surface area contributed by atoms with Crippen LogP contribution >= 0.6 is 0 Å². The van der Waals surface area contributed by atoms with E-state index in [4.69, 9.17) is 16.3 Å². The van der Waals surface area contributed by atoms with Gasteiger partial charge in [-0.15, -0.1) is 0 Å². The van der Waals surface area contributed by atoms with Crippen LogP contribution in [0.15, 0.2) is 82.6 Å². The zero-order valence-electron chi connectivity index (χ0n) is 22.8. The van der Waals surface area contributed by atoms with Crippen LogP contribution in [0.5, 0.6) is 0 Å². The Kier molecular flexibility index (Phi) is 9.93. The van der Waals surface area contributed by atoms with Gasteiger partial charge in [0, 0.05) is 62.8 Å². The molecule has 0 radical (unpaired) electrons. The first kappa shape index (κ1) is 31.1. The lowest BCUT2D eigenvalue weighted by atomic mass is 10.1. The summed E-state index contributed by atoms with van der Waals surface area (Å²) in [6.07, 6.45) is 0. The third kappa shape index (κ3) is 8.34. The molecule has 4 rings (SSSR count). The van der Waals surface area contributed by atoms with Crippen LogP contribution in [-0.4, -0.2) is 77.8 Å². The number of primary sulfonamides is 1. The van der Waals surface area contributed by atoms with E-state index >= 15 is 0 Å². The first-order chi connectivity index (χ1) is 19.9. The molecule has 8 N–H and O–H groups in total. The fourth-order valence-corrected chi connectivity index (χ4v) is 5.91. The van der Waals surface area contributed by atoms with E-state index in [1.165, 1.54) is 48.5 Å². The second-order valence-electron chi connectivity index (χ2n) is 9.66. The number of urea groups is 1. The number of hydrogen-bond acceptors (Lipinski definition) is 8. The molecule has 2 amide bonds.